The van der Waals surface area contributed by atoms with Crippen LogP contribution in [0.5, 0.6) is 0 Å². The number of carbonyl (C=O) groups excluding carboxylic acids is 1. The lowest BCUT2D eigenvalue weighted by Gasteiger charge is -2.25. The highest BCUT2D eigenvalue weighted by Crippen LogP contribution is 2.30. The molecule has 1 aromatic carbocycles. The van der Waals surface area contributed by atoms with Crippen LogP contribution in [0.4, 0.5) is 0 Å². The minimum absolute atomic E-state index is 0.0777. The predicted molar refractivity (Wildman–Crippen MR) is 90.0 cm³/mol. The summed E-state index contributed by atoms with van der Waals surface area (Å²) in [6.45, 7) is 2.21. The van der Waals surface area contributed by atoms with Crippen molar-refractivity contribution in [2.45, 2.75) is 44.9 Å². The predicted octanol–water partition coefficient (Wildman–Crippen LogP) is 0.848. The topological polar surface area (TPSA) is 87.6 Å². The molecule has 0 radical (unpaired) electrons. The number of hydrogen-bond donors (Lipinski definition) is 3. The molecule has 2 heterocycles. The molecule has 0 amide bonds. The van der Waals surface area contributed by atoms with Gasteiger partial charge in [-0.15, -0.1) is 0 Å². The number of fused-ring (bicyclic) bond motifs is 1. The fourth-order valence-corrected chi connectivity index (χ4v) is 3.63. The first-order chi connectivity index (χ1) is 11.6. The van der Waals surface area contributed by atoms with E-state index >= 15 is 0 Å². The second-order valence-corrected chi connectivity index (χ2v) is 6.28. The number of nitrogens with two attached hydrogens (primary N) is 1. The molecular formula is C18H24N3O3+. The van der Waals surface area contributed by atoms with Gasteiger partial charge in [-0.05, 0) is 25.3 Å². The van der Waals surface area contributed by atoms with Gasteiger partial charge in [0, 0.05) is 13.0 Å². The van der Waals surface area contributed by atoms with Gasteiger partial charge in [-0.2, -0.15) is 0 Å². The molecule has 2 aliphatic rings. The summed E-state index contributed by atoms with van der Waals surface area (Å²) in [6.07, 6.45) is 2.38. The number of esters is 1. The van der Waals surface area contributed by atoms with E-state index in [-0.39, 0.29) is 31.3 Å². The minimum Gasteiger partial charge on any atom is -0.457 e. The van der Waals surface area contributed by atoms with Crippen molar-refractivity contribution in [3.8, 4) is 0 Å². The van der Waals surface area contributed by atoms with Crippen LogP contribution in [0.1, 0.15) is 31.7 Å². The summed E-state index contributed by atoms with van der Waals surface area (Å²) in [7, 11) is 0. The zero-order valence-corrected chi connectivity index (χ0v) is 13.9. The second kappa shape index (κ2) is 7.05. The molecule has 1 fully saturated rings. The summed E-state index contributed by atoms with van der Waals surface area (Å²) in [4.78, 5) is 12.6. The molecule has 128 valence electrons. The Labute approximate surface area is 141 Å². The normalized spacial score (nSPS) is 23.1. The highest BCUT2D eigenvalue weighted by molar-refractivity contribution is 5.92. The van der Waals surface area contributed by atoms with E-state index in [9.17, 15) is 9.90 Å². The average molecular weight is 330 g/mol. The van der Waals surface area contributed by atoms with Crippen molar-refractivity contribution in [2.24, 2.45) is 5.73 Å². The molecule has 6 heteroatoms. The number of allylic oxidation sites excluding steroid dienone is 1. The van der Waals surface area contributed by atoms with Gasteiger partial charge >= 0.3 is 11.9 Å². The van der Waals surface area contributed by atoms with Crippen molar-refractivity contribution in [2.75, 3.05) is 6.61 Å². The standard InChI is InChI=1S/C18H23N3O3/c1-12-16(17(23)24-11-13-5-3-2-4-6-13)15-8-7-14(9-10-22)21(15)18(19)20-12/h2-6,14-15,22H,7-11H2,1H3,(H2,19,20,23)/p+1/t14-,15-/m0/s1. The van der Waals surface area contributed by atoms with Crippen molar-refractivity contribution < 1.29 is 19.2 Å². The highest BCUT2D eigenvalue weighted by Gasteiger charge is 2.43. The highest BCUT2D eigenvalue weighted by atomic mass is 16.5. The van der Waals surface area contributed by atoms with Crippen molar-refractivity contribution >= 4 is 11.9 Å². The first-order valence-electron chi connectivity index (χ1n) is 8.32. The van der Waals surface area contributed by atoms with Gasteiger partial charge in [0.2, 0.25) is 0 Å². The number of hydrogen-bond acceptors (Lipinski definition) is 5. The molecule has 0 saturated carbocycles. The number of rotatable bonds is 5. The van der Waals surface area contributed by atoms with E-state index < -0.39 is 0 Å². The number of aliphatic hydroxyl groups excluding tert-OH is 1. The summed E-state index contributed by atoms with van der Waals surface area (Å²) >= 11 is 0. The molecule has 3 rings (SSSR count). The summed E-state index contributed by atoms with van der Waals surface area (Å²) in [5.74, 6) is 0.240. The molecule has 6 nitrogen and oxygen atoms in total. The Kier molecular flexibility index (Phi) is 4.85. The van der Waals surface area contributed by atoms with E-state index in [1.54, 1.807) is 0 Å². The quantitative estimate of drug-likeness (QED) is 0.550. The molecule has 1 saturated heterocycles. The zero-order chi connectivity index (χ0) is 17.1. The Morgan fingerprint density at radius 1 is 1.38 bits per heavy atom. The van der Waals surface area contributed by atoms with Crippen molar-refractivity contribution in [3.63, 3.8) is 0 Å². The molecule has 0 spiro atoms. The SMILES string of the molecule is CC1=C(C(=O)OCc2ccccc2)[C@@H]2CC[C@@H](CCO)[N+]2=C(N)N1. The Hall–Kier alpha value is -2.34. The van der Waals surface area contributed by atoms with Gasteiger partial charge in [0.1, 0.15) is 18.2 Å². The number of carbonyl (C=O) groups is 1. The van der Waals surface area contributed by atoms with E-state index in [1.165, 1.54) is 0 Å². The Morgan fingerprint density at radius 2 is 2.12 bits per heavy atom. The van der Waals surface area contributed by atoms with Crippen molar-refractivity contribution in [1.29, 1.82) is 0 Å². The lowest BCUT2D eigenvalue weighted by atomic mass is 10.0. The lowest BCUT2D eigenvalue weighted by Crippen LogP contribution is -2.50. The van der Waals surface area contributed by atoms with Gasteiger partial charge in [-0.25, -0.2) is 10.1 Å². The summed E-state index contributed by atoms with van der Waals surface area (Å²) in [6, 6.07) is 9.70. The smallest absolute Gasteiger partial charge is 0.348 e. The summed E-state index contributed by atoms with van der Waals surface area (Å²) < 4.78 is 7.53. The van der Waals surface area contributed by atoms with Crippen molar-refractivity contribution in [1.82, 2.24) is 5.32 Å². The van der Waals surface area contributed by atoms with Crippen LogP contribution < -0.4 is 11.1 Å². The minimum atomic E-state index is -0.309. The van der Waals surface area contributed by atoms with Gasteiger partial charge < -0.3 is 9.84 Å². The van der Waals surface area contributed by atoms with E-state index in [4.69, 9.17) is 10.5 Å². The van der Waals surface area contributed by atoms with Crippen LogP contribution in [-0.2, 0) is 16.1 Å². The fourth-order valence-electron chi connectivity index (χ4n) is 3.63. The van der Waals surface area contributed by atoms with Gasteiger partial charge in [0.05, 0.1) is 11.7 Å². The van der Waals surface area contributed by atoms with Crippen LogP contribution in [0, 0.1) is 0 Å². The number of ether oxygens (including phenoxy) is 1. The Bertz CT molecular complexity index is 682. The Morgan fingerprint density at radius 3 is 2.83 bits per heavy atom. The lowest BCUT2D eigenvalue weighted by molar-refractivity contribution is -0.575. The second-order valence-electron chi connectivity index (χ2n) is 6.28. The fraction of sp³-hybridized carbons (Fsp3) is 0.444. The monoisotopic (exact) mass is 330 g/mol. The van der Waals surface area contributed by atoms with Crippen LogP contribution in [0.15, 0.2) is 41.6 Å². The molecular weight excluding hydrogens is 306 g/mol. The number of nitrogens with zero attached hydrogens (tertiary/aromatic N) is 1. The molecule has 2 atom stereocenters. The zero-order valence-electron chi connectivity index (χ0n) is 13.9. The van der Waals surface area contributed by atoms with Crippen LogP contribution in [0.2, 0.25) is 0 Å². The van der Waals surface area contributed by atoms with Crippen LogP contribution >= 0.6 is 0 Å². The molecule has 0 unspecified atom stereocenters. The Balaban J connectivity index is 1.75. The number of nitrogens with one attached hydrogen (secondary N) is 1. The van der Waals surface area contributed by atoms with E-state index in [1.807, 2.05) is 41.8 Å². The van der Waals surface area contributed by atoms with Crippen LogP contribution in [0.25, 0.3) is 0 Å². The molecule has 24 heavy (non-hydrogen) atoms. The van der Waals surface area contributed by atoms with E-state index in [0.717, 1.165) is 24.1 Å². The van der Waals surface area contributed by atoms with Crippen LogP contribution in [-0.4, -0.2) is 40.3 Å². The third kappa shape index (κ3) is 3.14. The first-order valence-corrected chi connectivity index (χ1v) is 8.32. The maximum Gasteiger partial charge on any atom is 0.348 e. The number of benzene rings is 1. The molecule has 4 N–H and O–H groups in total. The number of aliphatic hydroxyl groups is 1. The van der Waals surface area contributed by atoms with E-state index in [0.29, 0.717) is 18.0 Å². The molecule has 1 aromatic rings. The largest absolute Gasteiger partial charge is 0.457 e. The maximum absolute atomic E-state index is 12.6. The van der Waals surface area contributed by atoms with Crippen molar-refractivity contribution in [3.05, 3.63) is 47.2 Å². The average Bonchev–Trinajstić information content (AvgIpc) is 2.98. The molecule has 0 bridgehead atoms. The van der Waals surface area contributed by atoms with Gasteiger partial charge in [0.15, 0.2) is 0 Å². The molecule has 0 aliphatic carbocycles. The maximum atomic E-state index is 12.6. The molecule has 2 aliphatic heterocycles. The van der Waals surface area contributed by atoms with Gasteiger partial charge in [-0.1, -0.05) is 30.3 Å². The van der Waals surface area contributed by atoms with Crippen LogP contribution in [0.3, 0.4) is 0 Å². The van der Waals surface area contributed by atoms with E-state index in [2.05, 4.69) is 5.32 Å². The third-order valence-electron chi connectivity index (χ3n) is 4.73. The van der Waals surface area contributed by atoms with Gasteiger partial charge in [-0.3, -0.25) is 10.3 Å². The third-order valence-corrected chi connectivity index (χ3v) is 4.73. The number of guanidine groups is 1. The first kappa shape index (κ1) is 16.5. The summed E-state index contributed by atoms with van der Waals surface area (Å²) in [5, 5.41) is 12.3. The van der Waals surface area contributed by atoms with Gasteiger partial charge in [0.25, 0.3) is 0 Å². The molecule has 0 aromatic heterocycles. The summed E-state index contributed by atoms with van der Waals surface area (Å²) in [5.41, 5.74) is 8.47.